The summed E-state index contributed by atoms with van der Waals surface area (Å²) in [5, 5.41) is 5.59. The summed E-state index contributed by atoms with van der Waals surface area (Å²) in [7, 11) is -2.51. The van der Waals surface area contributed by atoms with Crippen LogP contribution >= 0.6 is 0 Å². The Kier molecular flexibility index (Phi) is 2.69. The Bertz CT molecular complexity index is 547. The fraction of sp³-hybridized carbons (Fsp3) is 0.625. The molecule has 2 rings (SSSR count). The quantitative estimate of drug-likeness (QED) is 0.736. The van der Waals surface area contributed by atoms with Crippen LogP contribution in [0.4, 0.5) is 13.2 Å². The van der Waals surface area contributed by atoms with Crippen molar-refractivity contribution in [2.45, 2.75) is 17.7 Å². The molecule has 2 heterocycles. The van der Waals surface area contributed by atoms with E-state index in [0.29, 0.717) is 0 Å². The van der Waals surface area contributed by atoms with Crippen LogP contribution in [0.25, 0.3) is 0 Å². The third-order valence-corrected chi connectivity index (χ3v) is 4.34. The van der Waals surface area contributed by atoms with Crippen molar-refractivity contribution in [2.24, 2.45) is 7.05 Å². The zero-order valence-electron chi connectivity index (χ0n) is 8.87. The average Bonchev–Trinajstić information content (AvgIpc) is 2.41. The predicted molar refractivity (Wildman–Crippen MR) is 52.0 cm³/mol. The molecule has 96 valence electrons. The second-order valence-electron chi connectivity index (χ2n) is 3.75. The van der Waals surface area contributed by atoms with Crippen LogP contribution in [0.2, 0.25) is 0 Å². The van der Waals surface area contributed by atoms with Gasteiger partial charge in [-0.1, -0.05) is 0 Å². The van der Waals surface area contributed by atoms with Crippen molar-refractivity contribution in [1.82, 2.24) is 15.1 Å². The molecule has 0 spiro atoms. The van der Waals surface area contributed by atoms with Gasteiger partial charge in [-0.25, -0.2) is 8.42 Å². The first kappa shape index (κ1) is 12.4. The van der Waals surface area contributed by atoms with Crippen molar-refractivity contribution < 1.29 is 21.6 Å². The Labute approximate surface area is 95.5 Å². The smallest absolute Gasteiger partial charge is 0.311 e. The van der Waals surface area contributed by atoms with Crippen LogP contribution in [-0.4, -0.2) is 30.5 Å². The van der Waals surface area contributed by atoms with E-state index in [0.717, 1.165) is 4.68 Å². The molecule has 1 aliphatic heterocycles. The summed E-state index contributed by atoms with van der Waals surface area (Å²) < 4.78 is 62.4. The van der Waals surface area contributed by atoms with Gasteiger partial charge in [0.1, 0.15) is 0 Å². The van der Waals surface area contributed by atoms with Gasteiger partial charge in [-0.3, -0.25) is 4.68 Å². The molecule has 0 saturated heterocycles. The maximum Gasteiger partial charge on any atom is 0.435 e. The SMILES string of the molecule is Cn1nc(C(F)(F)F)c2c1S(=O)(=O)CCNC2. The van der Waals surface area contributed by atoms with Gasteiger partial charge in [-0.2, -0.15) is 18.3 Å². The normalized spacial score (nSPS) is 19.8. The maximum absolute atomic E-state index is 12.7. The van der Waals surface area contributed by atoms with E-state index in [1.165, 1.54) is 7.05 Å². The first-order chi connectivity index (χ1) is 7.73. The van der Waals surface area contributed by atoms with Crippen LogP contribution in [0.1, 0.15) is 11.3 Å². The predicted octanol–water partition coefficient (Wildman–Crippen LogP) is 0.316. The Morgan fingerprint density at radius 3 is 2.65 bits per heavy atom. The van der Waals surface area contributed by atoms with E-state index in [4.69, 9.17) is 0 Å². The molecular weight excluding hydrogens is 259 g/mol. The number of sulfone groups is 1. The summed E-state index contributed by atoms with van der Waals surface area (Å²) in [6, 6.07) is 0. The minimum Gasteiger partial charge on any atom is -0.311 e. The number of fused-ring (bicyclic) bond motifs is 1. The minimum absolute atomic E-state index is 0.133. The molecular formula is C8H10F3N3O2S. The highest BCUT2D eigenvalue weighted by Crippen LogP contribution is 2.34. The molecule has 1 aromatic rings. The number of aryl methyl sites for hydroxylation is 1. The zero-order valence-corrected chi connectivity index (χ0v) is 9.69. The van der Waals surface area contributed by atoms with E-state index in [9.17, 15) is 21.6 Å². The van der Waals surface area contributed by atoms with Crippen molar-refractivity contribution >= 4 is 9.84 Å². The highest BCUT2D eigenvalue weighted by molar-refractivity contribution is 7.91. The first-order valence-corrected chi connectivity index (χ1v) is 6.45. The average molecular weight is 269 g/mol. The molecule has 5 nitrogen and oxygen atoms in total. The topological polar surface area (TPSA) is 64.0 Å². The molecule has 1 aliphatic rings. The number of aromatic nitrogens is 2. The van der Waals surface area contributed by atoms with E-state index < -0.39 is 21.7 Å². The number of hydrogen-bond acceptors (Lipinski definition) is 4. The van der Waals surface area contributed by atoms with Gasteiger partial charge in [0.05, 0.1) is 5.75 Å². The molecule has 0 unspecified atom stereocenters. The maximum atomic E-state index is 12.7. The second-order valence-corrected chi connectivity index (χ2v) is 5.77. The van der Waals surface area contributed by atoms with Gasteiger partial charge < -0.3 is 5.32 Å². The summed E-state index contributed by atoms with van der Waals surface area (Å²) in [6.45, 7) is -0.00838. The third-order valence-electron chi connectivity index (χ3n) is 2.50. The zero-order chi connectivity index (χ0) is 12.8. The number of hydrogen-bond donors (Lipinski definition) is 1. The van der Waals surface area contributed by atoms with Gasteiger partial charge in [0.25, 0.3) is 0 Å². The highest BCUT2D eigenvalue weighted by Gasteiger charge is 2.41. The molecule has 9 heteroatoms. The number of halogens is 3. The molecule has 0 radical (unpaired) electrons. The van der Waals surface area contributed by atoms with Gasteiger partial charge in [-0.15, -0.1) is 0 Å². The molecule has 0 aliphatic carbocycles. The molecule has 0 saturated carbocycles. The fourth-order valence-electron chi connectivity index (χ4n) is 1.85. The minimum atomic E-state index is -4.65. The highest BCUT2D eigenvalue weighted by atomic mass is 32.2. The monoisotopic (exact) mass is 269 g/mol. The van der Waals surface area contributed by atoms with Crippen molar-refractivity contribution in [3.05, 3.63) is 11.3 Å². The lowest BCUT2D eigenvalue weighted by molar-refractivity contribution is -0.142. The molecule has 1 aromatic heterocycles. The number of alkyl halides is 3. The van der Waals surface area contributed by atoms with Gasteiger partial charge >= 0.3 is 6.18 Å². The van der Waals surface area contributed by atoms with Crippen LogP contribution < -0.4 is 5.32 Å². The Morgan fingerprint density at radius 1 is 1.41 bits per heavy atom. The summed E-state index contributed by atoms with van der Waals surface area (Å²) in [5.74, 6) is -0.225. The van der Waals surface area contributed by atoms with Gasteiger partial charge in [0.2, 0.25) is 0 Å². The van der Waals surface area contributed by atoms with Gasteiger partial charge in [0.15, 0.2) is 20.6 Å². The Morgan fingerprint density at radius 2 is 2.06 bits per heavy atom. The fourth-order valence-corrected chi connectivity index (χ4v) is 3.44. The van der Waals surface area contributed by atoms with E-state index in [2.05, 4.69) is 10.4 Å². The molecule has 0 amide bonds. The van der Waals surface area contributed by atoms with Crippen LogP contribution in [0.15, 0.2) is 5.03 Å². The van der Waals surface area contributed by atoms with E-state index in [1.54, 1.807) is 0 Å². The van der Waals surface area contributed by atoms with E-state index >= 15 is 0 Å². The number of nitrogens with zero attached hydrogens (tertiary/aromatic N) is 2. The Hall–Kier alpha value is -1.09. The standard InChI is InChI=1S/C8H10F3N3O2S/c1-14-7-5(6(13-14)8(9,10)11)4-12-2-3-17(7,15)16/h12H,2-4H2,1H3. The third kappa shape index (κ3) is 2.04. The second kappa shape index (κ2) is 3.70. The van der Waals surface area contributed by atoms with Crippen molar-refractivity contribution in [2.75, 3.05) is 12.3 Å². The molecule has 0 aromatic carbocycles. The van der Waals surface area contributed by atoms with E-state index in [-0.39, 0.29) is 29.4 Å². The lowest BCUT2D eigenvalue weighted by Gasteiger charge is -2.05. The van der Waals surface area contributed by atoms with Crippen LogP contribution in [0, 0.1) is 0 Å². The summed E-state index contributed by atoms with van der Waals surface area (Å²) in [6.07, 6.45) is -4.65. The molecule has 17 heavy (non-hydrogen) atoms. The molecule has 0 atom stereocenters. The lowest BCUT2D eigenvalue weighted by atomic mass is 10.2. The van der Waals surface area contributed by atoms with E-state index in [1.807, 2.05) is 0 Å². The lowest BCUT2D eigenvalue weighted by Crippen LogP contribution is -2.20. The summed E-state index contributed by atoms with van der Waals surface area (Å²) >= 11 is 0. The van der Waals surface area contributed by atoms with Crippen LogP contribution in [-0.2, 0) is 29.6 Å². The molecule has 1 N–H and O–H groups in total. The van der Waals surface area contributed by atoms with Crippen LogP contribution in [0.5, 0.6) is 0 Å². The molecule has 0 fully saturated rings. The van der Waals surface area contributed by atoms with Gasteiger partial charge in [0, 0.05) is 25.7 Å². The van der Waals surface area contributed by atoms with Crippen molar-refractivity contribution in [3.63, 3.8) is 0 Å². The van der Waals surface area contributed by atoms with Crippen molar-refractivity contribution in [3.8, 4) is 0 Å². The molecule has 0 bridgehead atoms. The Balaban J connectivity index is 2.72. The summed E-state index contributed by atoms with van der Waals surface area (Å²) in [5.41, 5.74) is -1.43. The first-order valence-electron chi connectivity index (χ1n) is 4.80. The van der Waals surface area contributed by atoms with Crippen molar-refractivity contribution in [1.29, 1.82) is 0 Å². The van der Waals surface area contributed by atoms with Crippen LogP contribution in [0.3, 0.4) is 0 Å². The largest absolute Gasteiger partial charge is 0.435 e. The van der Waals surface area contributed by atoms with Gasteiger partial charge in [-0.05, 0) is 0 Å². The summed E-state index contributed by atoms with van der Waals surface area (Å²) in [4.78, 5) is 0. The number of rotatable bonds is 0. The number of nitrogens with one attached hydrogen (secondary N) is 1.